The Balaban J connectivity index is 0. The summed E-state index contributed by atoms with van der Waals surface area (Å²) in [7, 11) is 0. The van der Waals surface area contributed by atoms with E-state index < -0.39 is 0 Å². The van der Waals surface area contributed by atoms with Crippen molar-refractivity contribution >= 4 is 51.7 Å². The van der Waals surface area contributed by atoms with Crippen molar-refractivity contribution in [3.63, 3.8) is 0 Å². The first-order valence-corrected chi connectivity index (χ1v) is 0. The van der Waals surface area contributed by atoms with E-state index in [0.29, 0.717) is 0 Å². The summed E-state index contributed by atoms with van der Waals surface area (Å²) in [6, 6.07) is 0. The van der Waals surface area contributed by atoms with Crippen LogP contribution in [-0.2, 0) is 0 Å². The molecule has 0 saturated heterocycles. The minimum absolute atomic E-state index is 0. The van der Waals surface area contributed by atoms with E-state index in [1.54, 1.807) is 0 Å². The highest BCUT2D eigenvalue weighted by molar-refractivity contribution is 8.93. The molecular weight excluding hydrogens is 182 g/mol. The van der Waals surface area contributed by atoms with Crippen molar-refractivity contribution in [1.82, 2.24) is 0 Å². The molecule has 0 saturated carbocycles. The molecule has 29 valence electrons. The molecule has 0 fully saturated rings. The van der Waals surface area contributed by atoms with Crippen molar-refractivity contribution in [3.8, 4) is 0 Å². The van der Waals surface area contributed by atoms with Gasteiger partial charge >= 0.3 is 0 Å². The molecule has 0 aliphatic rings. The highest BCUT2D eigenvalue weighted by atomic mass is 79.9. The quantitative estimate of drug-likeness (QED) is 0.507. The first-order valence-electron chi connectivity index (χ1n) is 0. The Morgan fingerprint density at radius 1 is 0.750 bits per heavy atom. The molecule has 0 bridgehead atoms. The summed E-state index contributed by atoms with van der Waals surface area (Å²) in [5.41, 5.74) is 0. The minimum atomic E-state index is 0. The summed E-state index contributed by atoms with van der Waals surface area (Å²) in [5, 5.41) is 0. The second kappa shape index (κ2) is 24.6. The van der Waals surface area contributed by atoms with Gasteiger partial charge in [-0.1, -0.05) is 0 Å². The molecule has 3 radical (unpaired) electrons. The normalized spacial score (nSPS) is 0. The van der Waals surface area contributed by atoms with E-state index >= 15 is 0 Å². The highest BCUT2D eigenvalue weighted by Crippen LogP contribution is 0.861. The van der Waals surface area contributed by atoms with Crippen LogP contribution in [0.15, 0.2) is 0 Å². The Labute approximate surface area is 51.9 Å². The van der Waals surface area contributed by atoms with Crippen molar-refractivity contribution in [1.29, 1.82) is 0 Å². The summed E-state index contributed by atoms with van der Waals surface area (Å²) < 4.78 is 0. The van der Waals surface area contributed by atoms with E-state index in [0.717, 1.165) is 0 Å². The van der Waals surface area contributed by atoms with Gasteiger partial charge in [0.05, 0.1) is 0 Å². The lowest BCUT2D eigenvalue weighted by molar-refractivity contribution is 5.85. The zero-order valence-electron chi connectivity index (χ0n) is 1.67. The molecule has 0 aromatic carbocycles. The molecule has 0 aromatic heterocycles. The van der Waals surface area contributed by atoms with Gasteiger partial charge in [0.15, 0.2) is 0 Å². The van der Waals surface area contributed by atoms with Crippen molar-refractivity contribution < 1.29 is 0 Å². The molecule has 0 atom stereocenters. The third-order valence-corrected chi connectivity index (χ3v) is 0. The van der Waals surface area contributed by atoms with Crippen LogP contribution in [0.4, 0.5) is 0 Å². The average Bonchev–Trinajstić information content (AvgIpc) is 0. The molecule has 4 heteroatoms. The lowest BCUT2D eigenvalue weighted by Gasteiger charge is -0.148. The van der Waals surface area contributed by atoms with Crippen LogP contribution in [0.25, 0.3) is 0 Å². The number of hydrogen-bond acceptors (Lipinski definition) is 0. The monoisotopic (exact) mass is 183 g/mol. The van der Waals surface area contributed by atoms with Gasteiger partial charge < -0.3 is 0 Å². The molecule has 0 aliphatic carbocycles. The van der Waals surface area contributed by atoms with E-state index in [9.17, 15) is 0 Å². The lowest BCUT2D eigenvalue weighted by Crippen LogP contribution is 0.689. The number of halogens is 3. The van der Waals surface area contributed by atoms with Crippen LogP contribution in [0.1, 0.15) is 0 Å². The highest BCUT2D eigenvalue weighted by Gasteiger charge is 0.0000228. The predicted molar refractivity (Wildman–Crippen MR) is 31.7 cm³/mol. The standard InChI is InChI=1S/BrH.2ClH.P/h3*1H;. The molecule has 0 unspecified atom stereocenters. The van der Waals surface area contributed by atoms with E-state index in [2.05, 4.69) is 0 Å². The topological polar surface area (TPSA) is 0 Å². The van der Waals surface area contributed by atoms with Gasteiger partial charge in [-0.3, -0.25) is 0 Å². The van der Waals surface area contributed by atoms with E-state index in [-0.39, 0.29) is 51.7 Å². The van der Waals surface area contributed by atoms with Gasteiger partial charge in [-0.25, -0.2) is 0 Å². The molecule has 0 nitrogen and oxygen atoms in total. The molecule has 0 N–H and O–H groups in total. The summed E-state index contributed by atoms with van der Waals surface area (Å²) in [4.78, 5) is 0. The second-order valence-electron chi connectivity index (χ2n) is 0. The number of hydrogen-bond donors (Lipinski definition) is 0. The fourth-order valence-corrected chi connectivity index (χ4v) is 0. The molecule has 0 heterocycles. The maximum Gasteiger partial charge on any atom is 0 e. The summed E-state index contributed by atoms with van der Waals surface area (Å²) >= 11 is 0. The van der Waals surface area contributed by atoms with Gasteiger partial charge in [0.2, 0.25) is 0 Å². The first kappa shape index (κ1) is 49.9. The molecular formula is H3BrCl2P. The summed E-state index contributed by atoms with van der Waals surface area (Å²) in [6.07, 6.45) is 0. The SMILES string of the molecule is Br.Cl.Cl.[P]. The molecule has 0 rings (SSSR count). The fraction of sp³-hybridized carbons (Fsp3) is 0. The van der Waals surface area contributed by atoms with Gasteiger partial charge in [-0.05, 0) is 0 Å². The van der Waals surface area contributed by atoms with E-state index in [4.69, 9.17) is 0 Å². The Kier molecular flexibility index (Phi) is 307. The largest absolute Gasteiger partial charge is 0.147 e. The van der Waals surface area contributed by atoms with Crippen LogP contribution < -0.4 is 0 Å². The molecule has 4 heavy (non-hydrogen) atoms. The van der Waals surface area contributed by atoms with Crippen LogP contribution in [0.3, 0.4) is 0 Å². The van der Waals surface area contributed by atoms with Crippen molar-refractivity contribution in [2.75, 3.05) is 0 Å². The first-order chi connectivity index (χ1) is 0. The Bertz CT molecular complexity index is 6.00. The fourth-order valence-electron chi connectivity index (χ4n) is 0. The van der Waals surface area contributed by atoms with E-state index in [1.165, 1.54) is 0 Å². The van der Waals surface area contributed by atoms with Crippen LogP contribution >= 0.6 is 51.7 Å². The summed E-state index contributed by atoms with van der Waals surface area (Å²) in [6.45, 7) is 0. The number of rotatable bonds is 0. The zero-order valence-corrected chi connectivity index (χ0v) is 5.91. The van der Waals surface area contributed by atoms with Crippen molar-refractivity contribution in [2.24, 2.45) is 0 Å². The van der Waals surface area contributed by atoms with Gasteiger partial charge in [-0.2, -0.15) is 0 Å². The molecule has 0 amide bonds. The van der Waals surface area contributed by atoms with Gasteiger partial charge in [0, 0.05) is 9.90 Å². The Morgan fingerprint density at radius 3 is 0.750 bits per heavy atom. The van der Waals surface area contributed by atoms with Crippen LogP contribution in [0.2, 0.25) is 0 Å². The molecule has 0 aromatic rings. The zero-order chi connectivity index (χ0) is 0. The van der Waals surface area contributed by atoms with Gasteiger partial charge in [-0.15, -0.1) is 41.8 Å². The minimum Gasteiger partial charge on any atom is -0.147 e. The maximum atomic E-state index is 0. The molecule has 0 aliphatic heterocycles. The second-order valence-corrected chi connectivity index (χ2v) is 0. The van der Waals surface area contributed by atoms with Crippen molar-refractivity contribution in [2.45, 2.75) is 0 Å². The van der Waals surface area contributed by atoms with Gasteiger partial charge in [0.25, 0.3) is 0 Å². The predicted octanol–water partition coefficient (Wildman–Crippen LogP) is 2.28. The van der Waals surface area contributed by atoms with Crippen LogP contribution in [0, 0.1) is 0 Å². The smallest absolute Gasteiger partial charge is 0 e. The van der Waals surface area contributed by atoms with Gasteiger partial charge in [0.1, 0.15) is 0 Å². The average molecular weight is 185 g/mol. The van der Waals surface area contributed by atoms with Crippen molar-refractivity contribution in [3.05, 3.63) is 0 Å². The Hall–Kier alpha value is 1.49. The molecule has 0 spiro atoms. The lowest BCUT2D eigenvalue weighted by atomic mass is 31.0. The summed E-state index contributed by atoms with van der Waals surface area (Å²) in [5.74, 6) is 0. The maximum absolute atomic E-state index is 0. The third-order valence-electron chi connectivity index (χ3n) is 0. The Morgan fingerprint density at radius 2 is 0.750 bits per heavy atom. The van der Waals surface area contributed by atoms with Crippen LogP contribution in [0.5, 0.6) is 0 Å². The third kappa shape index (κ3) is 9.75. The van der Waals surface area contributed by atoms with E-state index in [1.807, 2.05) is 0 Å². The van der Waals surface area contributed by atoms with Crippen LogP contribution in [-0.4, -0.2) is 0 Å².